The van der Waals surface area contributed by atoms with Crippen LogP contribution in [0.1, 0.15) is 59.3 Å². The van der Waals surface area contributed by atoms with Gasteiger partial charge >= 0.3 is 0 Å². The summed E-state index contributed by atoms with van der Waals surface area (Å²) < 4.78 is 0. The normalized spacial score (nSPS) is 32.3. The zero-order chi connectivity index (χ0) is 9.95. The first kappa shape index (κ1) is 11.0. The average Bonchev–Trinajstić information content (AvgIpc) is 2.28. The van der Waals surface area contributed by atoms with Crippen LogP contribution in [-0.4, -0.2) is 11.7 Å². The van der Waals surface area contributed by atoms with Gasteiger partial charge in [0, 0.05) is 6.61 Å². The molecule has 1 fully saturated rings. The van der Waals surface area contributed by atoms with Gasteiger partial charge in [-0.3, -0.25) is 0 Å². The summed E-state index contributed by atoms with van der Waals surface area (Å²) in [6.45, 7) is 7.59. The molecule has 0 spiro atoms. The standard InChI is InChI=1S/C12H24O/c1-11(2)7-6-9-12(11,3)8-4-5-10-13/h13H,4-10H2,1-3H3. The van der Waals surface area contributed by atoms with Gasteiger partial charge in [-0.1, -0.05) is 33.6 Å². The highest BCUT2D eigenvalue weighted by molar-refractivity contribution is 4.94. The zero-order valence-electron chi connectivity index (χ0n) is 9.40. The minimum Gasteiger partial charge on any atom is -0.396 e. The van der Waals surface area contributed by atoms with Crippen molar-refractivity contribution >= 4 is 0 Å². The monoisotopic (exact) mass is 184 g/mol. The molecule has 1 nitrogen and oxygen atoms in total. The van der Waals surface area contributed by atoms with Crippen molar-refractivity contribution in [2.45, 2.75) is 59.3 Å². The molecule has 0 saturated heterocycles. The van der Waals surface area contributed by atoms with Crippen LogP contribution in [0.3, 0.4) is 0 Å². The maximum Gasteiger partial charge on any atom is 0.0431 e. The average molecular weight is 184 g/mol. The van der Waals surface area contributed by atoms with Gasteiger partial charge in [0.2, 0.25) is 0 Å². The number of aliphatic hydroxyl groups is 1. The molecule has 0 aromatic heterocycles. The van der Waals surface area contributed by atoms with E-state index in [1.54, 1.807) is 0 Å². The van der Waals surface area contributed by atoms with Crippen molar-refractivity contribution in [3.05, 3.63) is 0 Å². The minimum atomic E-state index is 0.358. The molecule has 0 aromatic carbocycles. The van der Waals surface area contributed by atoms with E-state index < -0.39 is 0 Å². The van der Waals surface area contributed by atoms with Gasteiger partial charge in [0.05, 0.1) is 0 Å². The lowest BCUT2D eigenvalue weighted by Crippen LogP contribution is -2.29. The number of unbranched alkanes of at least 4 members (excludes halogenated alkanes) is 1. The quantitative estimate of drug-likeness (QED) is 0.664. The maximum absolute atomic E-state index is 8.75. The molecular weight excluding hydrogens is 160 g/mol. The van der Waals surface area contributed by atoms with Gasteiger partial charge in [0.1, 0.15) is 0 Å². The van der Waals surface area contributed by atoms with Gasteiger partial charge in [-0.05, 0) is 36.5 Å². The molecule has 0 heterocycles. The first-order chi connectivity index (χ1) is 6.02. The van der Waals surface area contributed by atoms with Crippen LogP contribution in [0, 0.1) is 10.8 Å². The van der Waals surface area contributed by atoms with Gasteiger partial charge < -0.3 is 5.11 Å². The Morgan fingerprint density at radius 2 is 1.77 bits per heavy atom. The summed E-state index contributed by atoms with van der Waals surface area (Å²) in [7, 11) is 0. The molecule has 13 heavy (non-hydrogen) atoms. The summed E-state index contributed by atoms with van der Waals surface area (Å²) in [5, 5.41) is 8.75. The van der Waals surface area contributed by atoms with Crippen LogP contribution in [-0.2, 0) is 0 Å². The van der Waals surface area contributed by atoms with E-state index in [0.717, 1.165) is 6.42 Å². The molecule has 0 bridgehead atoms. The van der Waals surface area contributed by atoms with E-state index in [2.05, 4.69) is 20.8 Å². The van der Waals surface area contributed by atoms with E-state index >= 15 is 0 Å². The number of hydrogen-bond donors (Lipinski definition) is 1. The van der Waals surface area contributed by atoms with Crippen molar-refractivity contribution in [3.8, 4) is 0 Å². The predicted molar refractivity (Wildman–Crippen MR) is 56.7 cm³/mol. The molecule has 1 heteroatoms. The van der Waals surface area contributed by atoms with Gasteiger partial charge in [0.25, 0.3) is 0 Å². The van der Waals surface area contributed by atoms with E-state index in [0.29, 0.717) is 17.4 Å². The minimum absolute atomic E-state index is 0.358. The lowest BCUT2D eigenvalue weighted by atomic mass is 9.67. The number of aliphatic hydroxyl groups excluding tert-OH is 1. The molecule has 1 aliphatic rings. The summed E-state index contributed by atoms with van der Waals surface area (Å²) in [6.07, 6.45) is 7.61. The second kappa shape index (κ2) is 4.00. The third-order valence-electron chi connectivity index (χ3n) is 4.30. The van der Waals surface area contributed by atoms with E-state index in [1.807, 2.05) is 0 Å². The fourth-order valence-corrected chi connectivity index (χ4v) is 2.65. The van der Waals surface area contributed by atoms with Crippen LogP contribution in [0.2, 0.25) is 0 Å². The van der Waals surface area contributed by atoms with Crippen LogP contribution in [0.4, 0.5) is 0 Å². The molecule has 1 saturated carbocycles. The van der Waals surface area contributed by atoms with Gasteiger partial charge in [0.15, 0.2) is 0 Å². The molecule has 1 N–H and O–H groups in total. The number of hydrogen-bond acceptors (Lipinski definition) is 1. The Morgan fingerprint density at radius 3 is 2.23 bits per heavy atom. The Labute approximate surface area is 82.5 Å². The van der Waals surface area contributed by atoms with E-state index in [9.17, 15) is 0 Å². The van der Waals surface area contributed by atoms with Crippen molar-refractivity contribution in [3.63, 3.8) is 0 Å². The van der Waals surface area contributed by atoms with Gasteiger partial charge in [-0.2, -0.15) is 0 Å². The van der Waals surface area contributed by atoms with Crippen LogP contribution >= 0.6 is 0 Å². The molecule has 1 atom stereocenters. The second-order valence-corrected chi connectivity index (χ2v) is 5.48. The highest BCUT2D eigenvalue weighted by Crippen LogP contribution is 2.54. The van der Waals surface area contributed by atoms with E-state index in [4.69, 9.17) is 5.11 Å². The first-order valence-corrected chi connectivity index (χ1v) is 5.63. The highest BCUT2D eigenvalue weighted by atomic mass is 16.2. The fourth-order valence-electron chi connectivity index (χ4n) is 2.65. The summed E-state index contributed by atoms with van der Waals surface area (Å²) in [6, 6.07) is 0. The van der Waals surface area contributed by atoms with Crippen molar-refractivity contribution in [2.24, 2.45) is 10.8 Å². The molecule has 0 aliphatic heterocycles. The summed E-state index contributed by atoms with van der Waals surface area (Å²) in [4.78, 5) is 0. The Kier molecular flexibility index (Phi) is 3.39. The van der Waals surface area contributed by atoms with Crippen molar-refractivity contribution in [1.29, 1.82) is 0 Å². The molecular formula is C12H24O. The first-order valence-electron chi connectivity index (χ1n) is 5.63. The molecule has 1 unspecified atom stereocenters. The summed E-state index contributed by atoms with van der Waals surface area (Å²) in [5.41, 5.74) is 1.05. The third kappa shape index (κ3) is 2.25. The largest absolute Gasteiger partial charge is 0.396 e. The lowest BCUT2D eigenvalue weighted by molar-refractivity contribution is 0.113. The zero-order valence-corrected chi connectivity index (χ0v) is 9.40. The van der Waals surface area contributed by atoms with Crippen LogP contribution in [0.15, 0.2) is 0 Å². The van der Waals surface area contributed by atoms with Crippen LogP contribution in [0.5, 0.6) is 0 Å². The molecule has 1 aliphatic carbocycles. The summed E-state index contributed by atoms with van der Waals surface area (Å²) in [5.74, 6) is 0. The summed E-state index contributed by atoms with van der Waals surface area (Å²) >= 11 is 0. The van der Waals surface area contributed by atoms with Gasteiger partial charge in [-0.15, -0.1) is 0 Å². The Morgan fingerprint density at radius 1 is 1.08 bits per heavy atom. The third-order valence-corrected chi connectivity index (χ3v) is 4.30. The maximum atomic E-state index is 8.75. The lowest BCUT2D eigenvalue weighted by Gasteiger charge is -2.38. The predicted octanol–water partition coefficient (Wildman–Crippen LogP) is 3.37. The van der Waals surface area contributed by atoms with E-state index in [-0.39, 0.29) is 0 Å². The number of rotatable bonds is 4. The smallest absolute Gasteiger partial charge is 0.0431 e. The Hall–Kier alpha value is -0.0400. The van der Waals surface area contributed by atoms with Crippen LogP contribution in [0.25, 0.3) is 0 Å². The van der Waals surface area contributed by atoms with Crippen LogP contribution < -0.4 is 0 Å². The van der Waals surface area contributed by atoms with Crippen molar-refractivity contribution in [1.82, 2.24) is 0 Å². The molecule has 1 rings (SSSR count). The fraction of sp³-hybridized carbons (Fsp3) is 1.00. The Balaban J connectivity index is 2.45. The van der Waals surface area contributed by atoms with Crippen molar-refractivity contribution < 1.29 is 5.11 Å². The Bertz CT molecular complexity index is 163. The second-order valence-electron chi connectivity index (χ2n) is 5.48. The molecule has 0 radical (unpaired) electrons. The molecule has 78 valence electrons. The van der Waals surface area contributed by atoms with Crippen molar-refractivity contribution in [2.75, 3.05) is 6.61 Å². The topological polar surface area (TPSA) is 20.2 Å². The SMILES string of the molecule is CC1(C)CCCC1(C)CCCCO. The van der Waals surface area contributed by atoms with Gasteiger partial charge in [-0.25, -0.2) is 0 Å². The van der Waals surface area contributed by atoms with E-state index in [1.165, 1.54) is 32.1 Å². The molecule has 0 amide bonds. The molecule has 0 aromatic rings. The highest BCUT2D eigenvalue weighted by Gasteiger charge is 2.43.